The van der Waals surface area contributed by atoms with E-state index in [4.69, 9.17) is 5.73 Å². The summed E-state index contributed by atoms with van der Waals surface area (Å²) in [6, 6.07) is 8.79. The van der Waals surface area contributed by atoms with Crippen molar-refractivity contribution < 1.29 is 0 Å². The van der Waals surface area contributed by atoms with Crippen LogP contribution in [0.1, 0.15) is 31.4 Å². The van der Waals surface area contributed by atoms with Crippen molar-refractivity contribution in [3.63, 3.8) is 0 Å². The van der Waals surface area contributed by atoms with E-state index in [9.17, 15) is 0 Å². The molecule has 1 aliphatic rings. The normalized spacial score (nSPS) is 20.4. The van der Waals surface area contributed by atoms with E-state index in [1.807, 2.05) is 0 Å². The molecule has 0 aliphatic carbocycles. The van der Waals surface area contributed by atoms with Crippen LogP contribution in [0.25, 0.3) is 0 Å². The van der Waals surface area contributed by atoms with Crippen molar-refractivity contribution in [3.8, 4) is 0 Å². The first kappa shape index (κ1) is 13.1. The minimum Gasteiger partial charge on any atom is -0.329 e. The third-order valence-corrected chi connectivity index (χ3v) is 4.47. The van der Waals surface area contributed by atoms with Gasteiger partial charge in [0.1, 0.15) is 0 Å². The number of hydrogen-bond acceptors (Lipinski definition) is 2. The minimum absolute atomic E-state index is 0.359. The van der Waals surface area contributed by atoms with Crippen LogP contribution >= 0.6 is 15.9 Å². The number of rotatable bonds is 3. The van der Waals surface area contributed by atoms with Crippen molar-refractivity contribution in [1.29, 1.82) is 0 Å². The maximum absolute atomic E-state index is 5.98. The van der Waals surface area contributed by atoms with Gasteiger partial charge in [-0.15, -0.1) is 0 Å². The second kappa shape index (κ2) is 5.98. The Morgan fingerprint density at radius 1 is 1.35 bits per heavy atom. The molecule has 1 saturated heterocycles. The Morgan fingerprint density at radius 2 is 2.00 bits per heavy atom. The molecule has 0 amide bonds. The number of hydrogen-bond donors (Lipinski definition) is 1. The Labute approximate surface area is 112 Å². The van der Waals surface area contributed by atoms with Gasteiger partial charge in [-0.2, -0.15) is 0 Å². The molecule has 0 radical (unpaired) electrons. The highest BCUT2D eigenvalue weighted by atomic mass is 79.9. The lowest BCUT2D eigenvalue weighted by molar-refractivity contribution is 0.141. The number of nitrogens with zero attached hydrogens (tertiary/aromatic N) is 1. The maximum atomic E-state index is 5.98. The van der Waals surface area contributed by atoms with Crippen LogP contribution in [0.3, 0.4) is 0 Å². The van der Waals surface area contributed by atoms with Crippen LogP contribution in [0.4, 0.5) is 0 Å². The van der Waals surface area contributed by atoms with Gasteiger partial charge in [-0.05, 0) is 43.5 Å². The average molecular weight is 297 g/mol. The lowest BCUT2D eigenvalue weighted by Crippen LogP contribution is -2.39. The highest BCUT2D eigenvalue weighted by Crippen LogP contribution is 2.30. The Morgan fingerprint density at radius 3 is 2.59 bits per heavy atom. The fourth-order valence-corrected chi connectivity index (χ4v) is 3.11. The van der Waals surface area contributed by atoms with Gasteiger partial charge in [0.25, 0.3) is 0 Å². The average Bonchev–Trinajstić information content (AvgIpc) is 2.35. The molecule has 2 N–H and O–H groups in total. The quantitative estimate of drug-likeness (QED) is 0.928. The van der Waals surface area contributed by atoms with E-state index in [0.717, 1.165) is 5.92 Å². The molecule has 0 bridgehead atoms. The molecule has 0 aromatic heterocycles. The topological polar surface area (TPSA) is 29.3 Å². The molecule has 3 heteroatoms. The van der Waals surface area contributed by atoms with Crippen molar-refractivity contribution in [1.82, 2.24) is 4.90 Å². The van der Waals surface area contributed by atoms with E-state index in [1.165, 1.54) is 36.0 Å². The number of benzene rings is 1. The molecule has 1 aromatic carbocycles. The van der Waals surface area contributed by atoms with Gasteiger partial charge in [-0.25, -0.2) is 0 Å². The van der Waals surface area contributed by atoms with Crippen molar-refractivity contribution in [2.45, 2.75) is 25.8 Å². The predicted molar refractivity (Wildman–Crippen MR) is 75.9 cm³/mol. The van der Waals surface area contributed by atoms with E-state index < -0.39 is 0 Å². The van der Waals surface area contributed by atoms with Crippen molar-refractivity contribution >= 4 is 15.9 Å². The number of piperidine rings is 1. The molecular formula is C14H21BrN2. The Hall–Kier alpha value is -0.380. The maximum Gasteiger partial charge on any atom is 0.0481 e. The van der Waals surface area contributed by atoms with E-state index in [2.05, 4.69) is 52.0 Å². The van der Waals surface area contributed by atoms with Gasteiger partial charge in [-0.3, -0.25) is 4.90 Å². The first-order valence-electron chi connectivity index (χ1n) is 6.41. The van der Waals surface area contributed by atoms with Crippen LogP contribution < -0.4 is 5.73 Å². The van der Waals surface area contributed by atoms with Crippen molar-refractivity contribution in [3.05, 3.63) is 34.3 Å². The summed E-state index contributed by atoms with van der Waals surface area (Å²) in [5.41, 5.74) is 7.30. The molecule has 17 heavy (non-hydrogen) atoms. The van der Waals surface area contributed by atoms with Gasteiger partial charge in [0, 0.05) is 17.1 Å². The Balaban J connectivity index is 2.14. The number of halogens is 1. The third kappa shape index (κ3) is 3.09. The van der Waals surface area contributed by atoms with E-state index in [-0.39, 0.29) is 0 Å². The molecular weight excluding hydrogens is 276 g/mol. The molecule has 94 valence electrons. The number of nitrogens with two attached hydrogens (primary N) is 1. The van der Waals surface area contributed by atoms with Gasteiger partial charge in [-0.1, -0.05) is 41.1 Å². The minimum atomic E-state index is 0.359. The summed E-state index contributed by atoms with van der Waals surface area (Å²) in [5.74, 6) is 0.865. The van der Waals surface area contributed by atoms with Gasteiger partial charge in [0.15, 0.2) is 0 Å². The third-order valence-electron chi connectivity index (χ3n) is 3.75. The standard InChI is InChI=1S/C14H21BrN2/c1-11-6-8-17(9-7-11)14(10-16)12-4-2-3-5-13(12)15/h2-5,11,14H,6-10,16H2,1H3/t14-/m0/s1. The smallest absolute Gasteiger partial charge is 0.0481 e. The van der Waals surface area contributed by atoms with Crippen LogP contribution in [-0.4, -0.2) is 24.5 Å². The fourth-order valence-electron chi connectivity index (χ4n) is 2.56. The van der Waals surface area contributed by atoms with Crippen LogP contribution in [0.5, 0.6) is 0 Å². The lowest BCUT2D eigenvalue weighted by Gasteiger charge is -2.36. The van der Waals surface area contributed by atoms with Crippen LogP contribution in [-0.2, 0) is 0 Å². The summed E-state index contributed by atoms with van der Waals surface area (Å²) in [6.07, 6.45) is 2.59. The summed E-state index contributed by atoms with van der Waals surface area (Å²) < 4.78 is 1.18. The van der Waals surface area contributed by atoms with Gasteiger partial charge in [0.2, 0.25) is 0 Å². The summed E-state index contributed by atoms with van der Waals surface area (Å²) >= 11 is 3.63. The Bertz CT molecular complexity index is 359. The molecule has 0 spiro atoms. The van der Waals surface area contributed by atoms with Crippen LogP contribution in [0, 0.1) is 5.92 Å². The molecule has 0 saturated carbocycles. The Kier molecular flexibility index (Phi) is 4.60. The summed E-state index contributed by atoms with van der Waals surface area (Å²) in [5, 5.41) is 0. The first-order chi connectivity index (χ1) is 8.22. The summed E-state index contributed by atoms with van der Waals surface area (Å²) in [7, 11) is 0. The molecule has 0 unspecified atom stereocenters. The lowest BCUT2D eigenvalue weighted by atomic mass is 9.96. The summed E-state index contributed by atoms with van der Waals surface area (Å²) in [4.78, 5) is 2.53. The highest BCUT2D eigenvalue weighted by molar-refractivity contribution is 9.10. The zero-order chi connectivity index (χ0) is 12.3. The molecule has 1 heterocycles. The van der Waals surface area contributed by atoms with Crippen molar-refractivity contribution in [2.75, 3.05) is 19.6 Å². The van der Waals surface area contributed by atoms with Crippen LogP contribution in [0.2, 0.25) is 0 Å². The molecule has 1 aromatic rings. The number of likely N-dealkylation sites (tertiary alicyclic amines) is 1. The van der Waals surface area contributed by atoms with E-state index in [1.54, 1.807) is 0 Å². The molecule has 1 atom stereocenters. The largest absolute Gasteiger partial charge is 0.329 e. The molecule has 2 rings (SSSR count). The van der Waals surface area contributed by atoms with E-state index in [0.29, 0.717) is 12.6 Å². The predicted octanol–water partition coefficient (Wildman–Crippen LogP) is 3.18. The SMILES string of the molecule is CC1CCN([C@@H](CN)c2ccccc2Br)CC1. The summed E-state index contributed by atoms with van der Waals surface area (Å²) in [6.45, 7) is 5.37. The zero-order valence-corrected chi connectivity index (χ0v) is 12.0. The van der Waals surface area contributed by atoms with Gasteiger partial charge >= 0.3 is 0 Å². The second-order valence-corrected chi connectivity index (χ2v) is 5.85. The molecule has 2 nitrogen and oxygen atoms in total. The zero-order valence-electron chi connectivity index (χ0n) is 10.4. The van der Waals surface area contributed by atoms with Gasteiger partial charge in [0.05, 0.1) is 0 Å². The molecule has 1 fully saturated rings. The van der Waals surface area contributed by atoms with Crippen molar-refractivity contribution in [2.24, 2.45) is 11.7 Å². The van der Waals surface area contributed by atoms with Crippen LogP contribution in [0.15, 0.2) is 28.7 Å². The van der Waals surface area contributed by atoms with E-state index >= 15 is 0 Å². The fraction of sp³-hybridized carbons (Fsp3) is 0.571. The van der Waals surface area contributed by atoms with Gasteiger partial charge < -0.3 is 5.73 Å². The highest BCUT2D eigenvalue weighted by Gasteiger charge is 2.24. The second-order valence-electron chi connectivity index (χ2n) is 4.99. The first-order valence-corrected chi connectivity index (χ1v) is 7.20. The molecule has 1 aliphatic heterocycles. The monoisotopic (exact) mass is 296 g/mol.